The second kappa shape index (κ2) is 10.7. The summed E-state index contributed by atoms with van der Waals surface area (Å²) >= 11 is 5.95. The Bertz CT molecular complexity index is 1210. The van der Waals surface area contributed by atoms with Gasteiger partial charge in [0.2, 0.25) is 0 Å². The van der Waals surface area contributed by atoms with E-state index in [0.717, 1.165) is 16.7 Å². The monoisotopic (exact) mass is 493 g/mol. The van der Waals surface area contributed by atoms with Crippen molar-refractivity contribution in [3.05, 3.63) is 87.9 Å². The molecular formula is C27H28ClN3O4. The first kappa shape index (κ1) is 24.4. The van der Waals surface area contributed by atoms with E-state index >= 15 is 0 Å². The summed E-state index contributed by atoms with van der Waals surface area (Å²) in [5.41, 5.74) is 4.27. The van der Waals surface area contributed by atoms with Crippen molar-refractivity contribution >= 4 is 29.2 Å². The van der Waals surface area contributed by atoms with Crippen LogP contribution < -0.4 is 20.1 Å². The largest absolute Gasteiger partial charge is 0.493 e. The summed E-state index contributed by atoms with van der Waals surface area (Å²) < 4.78 is 11.0. The predicted molar refractivity (Wildman–Crippen MR) is 137 cm³/mol. The standard InChI is InChI=1S/C27H28ClN3O4/c1-17-4-10-21(11-5-17)30-27(33)31-13-12-19-14-24(34-2)25(35-3)15-22(19)23(31)16-29-26(32)18-6-8-20(28)9-7-18/h4-11,14-15,23H,12-13,16H2,1-3H3,(H,29,32)(H,30,33). The van der Waals surface area contributed by atoms with Gasteiger partial charge in [0.05, 0.1) is 20.3 Å². The Morgan fingerprint density at radius 2 is 1.66 bits per heavy atom. The molecule has 0 saturated carbocycles. The molecule has 8 heteroatoms. The highest BCUT2D eigenvalue weighted by molar-refractivity contribution is 6.30. The van der Waals surface area contributed by atoms with Crippen LogP contribution in [0.1, 0.15) is 33.1 Å². The molecule has 7 nitrogen and oxygen atoms in total. The zero-order chi connectivity index (χ0) is 24.9. The number of carbonyl (C=O) groups excluding carboxylic acids is 2. The minimum absolute atomic E-state index is 0.227. The predicted octanol–water partition coefficient (Wildman–Crippen LogP) is 5.23. The van der Waals surface area contributed by atoms with Crippen LogP contribution in [0.2, 0.25) is 5.02 Å². The Morgan fingerprint density at radius 3 is 2.31 bits per heavy atom. The van der Waals surface area contributed by atoms with Gasteiger partial charge in [0.1, 0.15) is 0 Å². The van der Waals surface area contributed by atoms with E-state index in [1.807, 2.05) is 43.3 Å². The molecule has 0 bridgehead atoms. The van der Waals surface area contributed by atoms with Gasteiger partial charge in [0.25, 0.3) is 5.91 Å². The van der Waals surface area contributed by atoms with E-state index < -0.39 is 6.04 Å². The van der Waals surface area contributed by atoms with E-state index in [2.05, 4.69) is 10.6 Å². The minimum Gasteiger partial charge on any atom is -0.493 e. The van der Waals surface area contributed by atoms with Gasteiger partial charge in [-0.25, -0.2) is 4.79 Å². The van der Waals surface area contributed by atoms with Crippen molar-refractivity contribution in [2.24, 2.45) is 0 Å². The SMILES string of the molecule is COc1cc2c(cc1OC)C(CNC(=O)c1ccc(Cl)cc1)N(C(=O)Nc1ccc(C)cc1)CC2. The highest BCUT2D eigenvalue weighted by Crippen LogP contribution is 2.38. The summed E-state index contributed by atoms with van der Waals surface area (Å²) in [6.07, 6.45) is 0.651. The Hall–Kier alpha value is -3.71. The lowest BCUT2D eigenvalue weighted by Crippen LogP contribution is -2.46. The van der Waals surface area contributed by atoms with Gasteiger partial charge in [-0.15, -0.1) is 0 Å². The summed E-state index contributed by atoms with van der Waals surface area (Å²) in [7, 11) is 3.17. The van der Waals surface area contributed by atoms with Crippen LogP contribution in [0.15, 0.2) is 60.7 Å². The lowest BCUT2D eigenvalue weighted by molar-refractivity contribution is 0.0936. The van der Waals surface area contributed by atoms with E-state index in [0.29, 0.717) is 40.7 Å². The van der Waals surface area contributed by atoms with Gasteiger partial charge >= 0.3 is 6.03 Å². The van der Waals surface area contributed by atoms with E-state index in [1.54, 1.807) is 43.4 Å². The second-order valence-corrected chi connectivity index (χ2v) is 8.81. The summed E-state index contributed by atoms with van der Waals surface area (Å²) in [5, 5.41) is 6.51. The summed E-state index contributed by atoms with van der Waals surface area (Å²) in [4.78, 5) is 27.9. The Kier molecular flexibility index (Phi) is 7.46. The molecule has 0 saturated heterocycles. The zero-order valence-corrected chi connectivity index (χ0v) is 20.7. The lowest BCUT2D eigenvalue weighted by atomic mass is 9.91. The van der Waals surface area contributed by atoms with Gasteiger partial charge in [0, 0.05) is 29.4 Å². The number of nitrogens with one attached hydrogen (secondary N) is 2. The van der Waals surface area contributed by atoms with Crippen molar-refractivity contribution in [3.63, 3.8) is 0 Å². The third-order valence-electron chi connectivity index (χ3n) is 6.13. The number of amides is 3. The topological polar surface area (TPSA) is 79.9 Å². The third-order valence-corrected chi connectivity index (χ3v) is 6.38. The molecule has 3 amide bonds. The summed E-state index contributed by atoms with van der Waals surface area (Å²) in [6, 6.07) is 17.5. The van der Waals surface area contributed by atoms with Crippen LogP contribution in [0.3, 0.4) is 0 Å². The Labute approximate surface area is 210 Å². The number of urea groups is 1. The van der Waals surface area contributed by atoms with Crippen LogP contribution in [0.5, 0.6) is 11.5 Å². The molecule has 0 aliphatic carbocycles. The molecule has 0 radical (unpaired) electrons. The molecular weight excluding hydrogens is 466 g/mol. The average Bonchev–Trinajstić information content (AvgIpc) is 2.87. The van der Waals surface area contributed by atoms with E-state index in [1.165, 1.54) is 0 Å². The first-order chi connectivity index (χ1) is 16.9. The van der Waals surface area contributed by atoms with Crippen LogP contribution in [-0.2, 0) is 6.42 Å². The number of rotatable bonds is 6. The maximum absolute atomic E-state index is 13.3. The summed E-state index contributed by atoms with van der Waals surface area (Å²) in [6.45, 7) is 2.71. The lowest BCUT2D eigenvalue weighted by Gasteiger charge is -2.38. The second-order valence-electron chi connectivity index (χ2n) is 8.38. The van der Waals surface area contributed by atoms with Gasteiger partial charge < -0.3 is 25.0 Å². The molecule has 0 fully saturated rings. The molecule has 35 heavy (non-hydrogen) atoms. The number of ether oxygens (including phenoxy) is 2. The highest BCUT2D eigenvalue weighted by atomic mass is 35.5. The van der Waals surface area contributed by atoms with Gasteiger partial charge in [-0.1, -0.05) is 29.3 Å². The summed E-state index contributed by atoms with van der Waals surface area (Å²) in [5.74, 6) is 0.960. The third kappa shape index (κ3) is 5.52. The number of aryl methyl sites for hydroxylation is 1. The average molecular weight is 494 g/mol. The van der Waals surface area contributed by atoms with E-state index in [4.69, 9.17) is 21.1 Å². The fourth-order valence-corrected chi connectivity index (χ4v) is 4.34. The molecule has 3 aromatic carbocycles. The molecule has 1 aliphatic heterocycles. The zero-order valence-electron chi connectivity index (χ0n) is 19.9. The first-order valence-electron chi connectivity index (χ1n) is 11.3. The number of halogens is 1. The number of benzene rings is 3. The quantitative estimate of drug-likeness (QED) is 0.493. The van der Waals surface area contributed by atoms with Crippen molar-refractivity contribution in [1.29, 1.82) is 0 Å². The Balaban J connectivity index is 1.62. The molecule has 2 N–H and O–H groups in total. The number of anilines is 1. The van der Waals surface area contributed by atoms with Crippen molar-refractivity contribution in [1.82, 2.24) is 10.2 Å². The molecule has 1 atom stereocenters. The number of methoxy groups -OCH3 is 2. The molecule has 0 spiro atoms. The molecule has 1 aliphatic rings. The van der Waals surface area contributed by atoms with Crippen LogP contribution >= 0.6 is 11.6 Å². The smallest absolute Gasteiger partial charge is 0.322 e. The van der Waals surface area contributed by atoms with Crippen molar-refractivity contribution in [2.45, 2.75) is 19.4 Å². The number of hydrogen-bond acceptors (Lipinski definition) is 4. The van der Waals surface area contributed by atoms with Crippen LogP contribution in [0.4, 0.5) is 10.5 Å². The molecule has 0 aromatic heterocycles. The van der Waals surface area contributed by atoms with E-state index in [-0.39, 0.29) is 18.5 Å². The van der Waals surface area contributed by atoms with Gasteiger partial charge in [0.15, 0.2) is 11.5 Å². The molecule has 1 unspecified atom stereocenters. The van der Waals surface area contributed by atoms with Gasteiger partial charge in [-0.05, 0) is 73.0 Å². The fourth-order valence-electron chi connectivity index (χ4n) is 4.22. The number of fused-ring (bicyclic) bond motifs is 1. The normalized spacial score (nSPS) is 14.6. The van der Waals surface area contributed by atoms with Crippen molar-refractivity contribution < 1.29 is 19.1 Å². The maximum Gasteiger partial charge on any atom is 0.322 e. The Morgan fingerprint density at radius 1 is 1.00 bits per heavy atom. The van der Waals surface area contributed by atoms with Crippen LogP contribution in [-0.4, -0.2) is 44.1 Å². The van der Waals surface area contributed by atoms with E-state index in [9.17, 15) is 9.59 Å². The number of carbonyl (C=O) groups is 2. The number of hydrogen-bond donors (Lipinski definition) is 2. The van der Waals surface area contributed by atoms with Gasteiger partial charge in [-0.3, -0.25) is 4.79 Å². The minimum atomic E-state index is -0.403. The number of nitrogens with zero attached hydrogens (tertiary/aromatic N) is 1. The molecule has 3 aromatic rings. The molecule has 4 rings (SSSR count). The molecule has 1 heterocycles. The van der Waals surface area contributed by atoms with Gasteiger partial charge in [-0.2, -0.15) is 0 Å². The van der Waals surface area contributed by atoms with Crippen LogP contribution in [0, 0.1) is 6.92 Å². The highest BCUT2D eigenvalue weighted by Gasteiger charge is 2.32. The van der Waals surface area contributed by atoms with Crippen molar-refractivity contribution in [3.8, 4) is 11.5 Å². The van der Waals surface area contributed by atoms with Crippen LogP contribution in [0.25, 0.3) is 0 Å². The first-order valence-corrected chi connectivity index (χ1v) is 11.7. The molecule has 182 valence electrons. The maximum atomic E-state index is 13.3. The van der Waals surface area contributed by atoms with Crippen molar-refractivity contribution in [2.75, 3.05) is 32.6 Å². The fraction of sp³-hybridized carbons (Fsp3) is 0.259.